The van der Waals surface area contributed by atoms with E-state index in [4.69, 9.17) is 5.73 Å². The van der Waals surface area contributed by atoms with Crippen LogP contribution in [0.4, 0.5) is 5.00 Å². The monoisotopic (exact) mass is 570 g/mol. The number of hydrogen-bond donors (Lipinski definition) is 2. The second-order valence-electron chi connectivity index (χ2n) is 9.48. The maximum absolute atomic E-state index is 13.2. The number of thiophene rings is 1. The highest BCUT2D eigenvalue weighted by atomic mass is 35.5. The van der Waals surface area contributed by atoms with Crippen LogP contribution in [0, 0.1) is 0 Å². The SMILES string of the molecule is CCCCN(CCCC)S(=O)(=O)c1ccc(C(=O)Nc2sc3c(c2C(N)=O)CCN(C(C)C)C3)cc1.Cl. The van der Waals surface area contributed by atoms with Crippen LogP contribution in [-0.4, -0.2) is 55.1 Å². The highest BCUT2D eigenvalue weighted by molar-refractivity contribution is 7.89. The van der Waals surface area contributed by atoms with Crippen molar-refractivity contribution in [2.24, 2.45) is 5.73 Å². The van der Waals surface area contributed by atoms with Crippen molar-refractivity contribution in [3.63, 3.8) is 0 Å². The molecule has 37 heavy (non-hydrogen) atoms. The first-order valence-electron chi connectivity index (χ1n) is 12.7. The van der Waals surface area contributed by atoms with Crippen LogP contribution in [0.2, 0.25) is 0 Å². The van der Waals surface area contributed by atoms with Crippen LogP contribution in [0.25, 0.3) is 0 Å². The van der Waals surface area contributed by atoms with E-state index in [1.165, 1.54) is 39.9 Å². The molecule has 2 heterocycles. The van der Waals surface area contributed by atoms with Crippen LogP contribution < -0.4 is 11.1 Å². The fourth-order valence-corrected chi connectivity index (χ4v) is 7.13. The molecule has 1 aromatic heterocycles. The van der Waals surface area contributed by atoms with Crippen molar-refractivity contribution < 1.29 is 18.0 Å². The summed E-state index contributed by atoms with van der Waals surface area (Å²) < 4.78 is 27.9. The molecule has 8 nitrogen and oxygen atoms in total. The number of halogens is 1. The van der Waals surface area contributed by atoms with Gasteiger partial charge in [-0.05, 0) is 62.9 Å². The first kappa shape index (κ1) is 31.2. The highest BCUT2D eigenvalue weighted by Gasteiger charge is 2.29. The van der Waals surface area contributed by atoms with E-state index in [9.17, 15) is 18.0 Å². The summed E-state index contributed by atoms with van der Waals surface area (Å²) in [4.78, 5) is 28.8. The molecular formula is C26H39ClN4O4S2. The molecule has 0 fully saturated rings. The topological polar surface area (TPSA) is 113 Å². The Morgan fingerprint density at radius 2 is 1.70 bits per heavy atom. The standard InChI is InChI=1S/C26H38N4O4S2.ClH/c1-5-7-14-30(15-8-6-2)36(33,34)20-11-9-19(10-12-20)25(32)28-26-23(24(27)31)21-13-16-29(18(3)4)17-22(21)35-26;/h9-12,18H,5-8,13-17H2,1-4H3,(H2,27,31)(H,28,32);1H. The number of anilines is 1. The molecule has 0 unspecified atom stereocenters. The zero-order chi connectivity index (χ0) is 26.5. The Morgan fingerprint density at radius 1 is 1.11 bits per heavy atom. The van der Waals surface area contributed by atoms with Crippen molar-refractivity contribution in [1.29, 1.82) is 0 Å². The molecule has 0 spiro atoms. The summed E-state index contributed by atoms with van der Waals surface area (Å²) in [5.41, 5.74) is 7.30. The van der Waals surface area contributed by atoms with E-state index in [0.717, 1.165) is 42.7 Å². The number of nitrogens with one attached hydrogen (secondary N) is 1. The Kier molecular flexibility index (Phi) is 11.6. The second kappa shape index (κ2) is 13.7. The molecule has 0 saturated heterocycles. The van der Waals surface area contributed by atoms with Gasteiger partial charge < -0.3 is 11.1 Å². The molecule has 1 aliphatic heterocycles. The number of sulfonamides is 1. The van der Waals surface area contributed by atoms with Gasteiger partial charge in [0.1, 0.15) is 5.00 Å². The average molecular weight is 571 g/mol. The van der Waals surface area contributed by atoms with Gasteiger partial charge in [-0.3, -0.25) is 14.5 Å². The van der Waals surface area contributed by atoms with Gasteiger partial charge in [0.15, 0.2) is 0 Å². The Bertz CT molecular complexity index is 1170. The Balaban J connectivity index is 0.00000481. The van der Waals surface area contributed by atoms with Gasteiger partial charge in [0.2, 0.25) is 10.0 Å². The first-order chi connectivity index (χ1) is 17.1. The van der Waals surface area contributed by atoms with E-state index in [1.807, 2.05) is 13.8 Å². The summed E-state index contributed by atoms with van der Waals surface area (Å²) in [6.45, 7) is 10.8. The summed E-state index contributed by atoms with van der Waals surface area (Å²) in [7, 11) is -3.64. The quantitative estimate of drug-likeness (QED) is 0.378. The normalized spacial score (nSPS) is 13.9. The average Bonchev–Trinajstić information content (AvgIpc) is 3.21. The Morgan fingerprint density at radius 3 is 2.22 bits per heavy atom. The number of nitrogens with zero attached hydrogens (tertiary/aromatic N) is 2. The summed E-state index contributed by atoms with van der Waals surface area (Å²) in [5, 5.41) is 3.30. The smallest absolute Gasteiger partial charge is 0.256 e. The fraction of sp³-hybridized carbons (Fsp3) is 0.538. The van der Waals surface area contributed by atoms with Crippen LogP contribution >= 0.6 is 23.7 Å². The first-order valence-corrected chi connectivity index (χ1v) is 15.0. The number of carbonyl (C=O) groups is 2. The predicted molar refractivity (Wildman–Crippen MR) is 152 cm³/mol. The maximum atomic E-state index is 13.2. The van der Waals surface area contributed by atoms with Gasteiger partial charge in [0, 0.05) is 42.7 Å². The van der Waals surface area contributed by atoms with Gasteiger partial charge in [0.25, 0.3) is 11.8 Å². The van der Waals surface area contributed by atoms with Gasteiger partial charge in [-0.25, -0.2) is 8.42 Å². The Labute approximate surface area is 231 Å². The molecule has 2 aromatic rings. The minimum absolute atomic E-state index is 0. The van der Waals surface area contributed by atoms with Crippen molar-refractivity contribution in [2.75, 3.05) is 25.0 Å². The van der Waals surface area contributed by atoms with Crippen LogP contribution in [0.3, 0.4) is 0 Å². The summed E-state index contributed by atoms with van der Waals surface area (Å²) in [5.74, 6) is -0.962. The number of primary amides is 1. The van der Waals surface area contributed by atoms with E-state index in [-0.39, 0.29) is 17.3 Å². The van der Waals surface area contributed by atoms with E-state index in [0.29, 0.717) is 48.2 Å². The minimum Gasteiger partial charge on any atom is -0.365 e. The van der Waals surface area contributed by atoms with Crippen LogP contribution in [0.5, 0.6) is 0 Å². The summed E-state index contributed by atoms with van der Waals surface area (Å²) >= 11 is 1.38. The molecule has 3 rings (SSSR count). The lowest BCUT2D eigenvalue weighted by Crippen LogP contribution is -2.35. The third-order valence-electron chi connectivity index (χ3n) is 6.57. The third-order valence-corrected chi connectivity index (χ3v) is 9.61. The second-order valence-corrected chi connectivity index (χ2v) is 12.5. The molecule has 1 aliphatic rings. The molecule has 0 saturated carbocycles. The molecule has 0 atom stereocenters. The number of benzene rings is 1. The molecule has 3 N–H and O–H groups in total. The minimum atomic E-state index is -3.64. The number of unbranched alkanes of at least 4 members (excludes halogenated alkanes) is 2. The highest BCUT2D eigenvalue weighted by Crippen LogP contribution is 2.37. The third kappa shape index (κ3) is 7.32. The summed E-state index contributed by atoms with van der Waals surface area (Å²) in [6.07, 6.45) is 4.12. The van der Waals surface area contributed by atoms with Gasteiger partial charge in [-0.2, -0.15) is 4.31 Å². The number of nitrogens with two attached hydrogens (primary N) is 1. The van der Waals surface area contributed by atoms with Gasteiger partial charge in [-0.1, -0.05) is 26.7 Å². The lowest BCUT2D eigenvalue weighted by Gasteiger charge is -2.30. The van der Waals surface area contributed by atoms with Gasteiger partial charge in [0.05, 0.1) is 10.5 Å². The molecule has 0 aliphatic carbocycles. The van der Waals surface area contributed by atoms with Crippen molar-refractivity contribution >= 4 is 50.6 Å². The van der Waals surface area contributed by atoms with Crippen LogP contribution in [0.15, 0.2) is 29.2 Å². The molecule has 11 heteroatoms. The predicted octanol–water partition coefficient (Wildman–Crippen LogP) is 4.88. The van der Waals surface area contributed by atoms with E-state index >= 15 is 0 Å². The largest absolute Gasteiger partial charge is 0.365 e. The van der Waals surface area contributed by atoms with Crippen molar-refractivity contribution in [3.05, 3.63) is 45.8 Å². The zero-order valence-corrected chi connectivity index (χ0v) is 24.5. The molecule has 1 aromatic carbocycles. The molecule has 0 radical (unpaired) electrons. The maximum Gasteiger partial charge on any atom is 0.256 e. The van der Waals surface area contributed by atoms with Crippen molar-refractivity contribution in [1.82, 2.24) is 9.21 Å². The fourth-order valence-electron chi connectivity index (χ4n) is 4.34. The molecule has 206 valence electrons. The zero-order valence-electron chi connectivity index (χ0n) is 22.1. The molecule has 2 amide bonds. The number of amides is 2. The van der Waals surface area contributed by atoms with Crippen LogP contribution in [-0.2, 0) is 23.0 Å². The molecular weight excluding hydrogens is 532 g/mol. The lowest BCUT2D eigenvalue weighted by atomic mass is 10.0. The van der Waals surface area contributed by atoms with Crippen LogP contribution in [0.1, 0.15) is 84.5 Å². The number of rotatable bonds is 12. The van der Waals surface area contributed by atoms with E-state index in [1.54, 1.807) is 0 Å². The van der Waals surface area contributed by atoms with E-state index in [2.05, 4.69) is 24.1 Å². The number of fused-ring (bicyclic) bond motifs is 1. The summed E-state index contributed by atoms with van der Waals surface area (Å²) in [6, 6.07) is 6.36. The van der Waals surface area contributed by atoms with Crippen molar-refractivity contribution in [3.8, 4) is 0 Å². The number of carbonyl (C=O) groups excluding carboxylic acids is 2. The number of hydrogen-bond acceptors (Lipinski definition) is 6. The van der Waals surface area contributed by atoms with Gasteiger partial charge in [-0.15, -0.1) is 23.7 Å². The van der Waals surface area contributed by atoms with E-state index < -0.39 is 21.8 Å². The lowest BCUT2D eigenvalue weighted by molar-refractivity contribution is 0.0999. The van der Waals surface area contributed by atoms with Gasteiger partial charge >= 0.3 is 0 Å². The molecule has 0 bridgehead atoms. The van der Waals surface area contributed by atoms with Crippen molar-refractivity contribution in [2.45, 2.75) is 77.3 Å². The Hall–Kier alpha value is -1.98.